The molecule has 0 aliphatic carbocycles. The molecule has 138 valence electrons. The van der Waals surface area contributed by atoms with Gasteiger partial charge in [-0.05, 0) is 30.5 Å². The number of hydrogen-bond donors (Lipinski definition) is 1. The monoisotopic (exact) mass is 362 g/mol. The minimum atomic E-state index is -0.125. The van der Waals surface area contributed by atoms with E-state index < -0.39 is 0 Å². The largest absolute Gasteiger partial charge is 0.494 e. The molecule has 0 unspecified atom stereocenters. The van der Waals surface area contributed by atoms with Crippen molar-refractivity contribution in [3.05, 3.63) is 71.8 Å². The first-order valence-electron chi connectivity index (χ1n) is 9.17. The minimum Gasteiger partial charge on any atom is -0.494 e. The Kier molecular flexibility index (Phi) is 4.87. The fourth-order valence-corrected chi connectivity index (χ4v) is 3.39. The molecule has 4 rings (SSSR count). The summed E-state index contributed by atoms with van der Waals surface area (Å²) in [5.41, 5.74) is 2.08. The number of para-hydroxylation sites is 2. The fourth-order valence-electron chi connectivity index (χ4n) is 3.39. The Bertz CT molecular complexity index is 936. The molecule has 2 heterocycles. The van der Waals surface area contributed by atoms with E-state index in [1.54, 1.807) is 7.11 Å². The molecule has 1 aliphatic rings. The van der Waals surface area contributed by atoms with Crippen LogP contribution in [-0.4, -0.2) is 27.8 Å². The lowest BCUT2D eigenvalue weighted by Gasteiger charge is -2.13. The minimum absolute atomic E-state index is 0.0559. The molecule has 1 aromatic heterocycles. The Labute approximate surface area is 158 Å². The SMILES string of the molecule is COc1ccccc1-n1nc(CCc2ccccc2)nc1[C@H]1CCC(=O)N1. The van der Waals surface area contributed by atoms with Crippen molar-refractivity contribution in [2.45, 2.75) is 31.7 Å². The van der Waals surface area contributed by atoms with Crippen molar-refractivity contribution in [1.82, 2.24) is 20.1 Å². The molecule has 0 saturated carbocycles. The van der Waals surface area contributed by atoms with Crippen molar-refractivity contribution in [3.8, 4) is 11.4 Å². The Morgan fingerprint density at radius 1 is 1.11 bits per heavy atom. The van der Waals surface area contributed by atoms with Gasteiger partial charge in [0.25, 0.3) is 0 Å². The second kappa shape index (κ2) is 7.61. The normalized spacial score (nSPS) is 16.3. The second-order valence-electron chi connectivity index (χ2n) is 6.61. The first-order chi connectivity index (χ1) is 13.2. The van der Waals surface area contributed by atoms with Gasteiger partial charge in [0.05, 0.1) is 13.2 Å². The number of aryl methyl sites for hydroxylation is 2. The number of ether oxygens (including phenoxy) is 1. The molecule has 27 heavy (non-hydrogen) atoms. The zero-order valence-electron chi connectivity index (χ0n) is 15.3. The number of aromatic nitrogens is 3. The van der Waals surface area contributed by atoms with E-state index in [0.717, 1.165) is 42.3 Å². The zero-order valence-corrected chi connectivity index (χ0v) is 15.3. The summed E-state index contributed by atoms with van der Waals surface area (Å²) in [6, 6.07) is 17.9. The molecule has 3 aromatic rings. The van der Waals surface area contributed by atoms with Gasteiger partial charge in [-0.3, -0.25) is 4.79 Å². The van der Waals surface area contributed by atoms with Crippen LogP contribution in [0.5, 0.6) is 5.75 Å². The van der Waals surface area contributed by atoms with E-state index in [1.807, 2.05) is 47.1 Å². The van der Waals surface area contributed by atoms with Crippen LogP contribution >= 0.6 is 0 Å². The quantitative estimate of drug-likeness (QED) is 0.732. The molecule has 1 saturated heterocycles. The first-order valence-corrected chi connectivity index (χ1v) is 9.17. The summed E-state index contributed by atoms with van der Waals surface area (Å²) >= 11 is 0. The van der Waals surface area contributed by atoms with E-state index >= 15 is 0 Å². The standard InChI is InChI=1S/C21H22N4O2/c1-27-18-10-6-5-9-17(18)25-21(16-12-14-20(26)22-16)23-19(24-25)13-11-15-7-3-2-4-8-15/h2-10,16H,11-14H2,1H3,(H,22,26)/t16-/m1/s1. The van der Waals surface area contributed by atoms with Crippen molar-refractivity contribution >= 4 is 5.91 Å². The van der Waals surface area contributed by atoms with E-state index in [1.165, 1.54) is 5.56 Å². The maximum absolute atomic E-state index is 11.7. The third-order valence-electron chi connectivity index (χ3n) is 4.78. The number of hydrogen-bond acceptors (Lipinski definition) is 4. The summed E-state index contributed by atoms with van der Waals surface area (Å²) in [6.45, 7) is 0. The van der Waals surface area contributed by atoms with Crippen molar-refractivity contribution in [1.29, 1.82) is 0 Å². The highest BCUT2D eigenvalue weighted by Crippen LogP contribution is 2.28. The van der Waals surface area contributed by atoms with Crippen LogP contribution in [0.1, 0.15) is 36.1 Å². The van der Waals surface area contributed by atoms with Crippen LogP contribution in [-0.2, 0) is 17.6 Å². The summed E-state index contributed by atoms with van der Waals surface area (Å²) in [7, 11) is 1.64. The van der Waals surface area contributed by atoms with Crippen LogP contribution in [0.15, 0.2) is 54.6 Å². The Hall–Kier alpha value is -3.15. The lowest BCUT2D eigenvalue weighted by atomic mass is 10.1. The summed E-state index contributed by atoms with van der Waals surface area (Å²) in [4.78, 5) is 16.5. The first kappa shape index (κ1) is 17.3. The molecule has 1 aliphatic heterocycles. The van der Waals surface area contributed by atoms with Crippen LogP contribution in [0.4, 0.5) is 0 Å². The molecular weight excluding hydrogens is 340 g/mol. The van der Waals surface area contributed by atoms with Crippen LogP contribution < -0.4 is 10.1 Å². The van der Waals surface area contributed by atoms with E-state index in [0.29, 0.717) is 6.42 Å². The van der Waals surface area contributed by atoms with Gasteiger partial charge < -0.3 is 10.1 Å². The maximum Gasteiger partial charge on any atom is 0.220 e. The predicted molar refractivity (Wildman–Crippen MR) is 102 cm³/mol. The van der Waals surface area contributed by atoms with Gasteiger partial charge in [0, 0.05) is 12.8 Å². The van der Waals surface area contributed by atoms with Gasteiger partial charge >= 0.3 is 0 Å². The molecule has 1 amide bonds. The van der Waals surface area contributed by atoms with Crippen molar-refractivity contribution in [2.24, 2.45) is 0 Å². The molecule has 0 bridgehead atoms. The Balaban J connectivity index is 1.67. The van der Waals surface area contributed by atoms with Crippen LogP contribution in [0.2, 0.25) is 0 Å². The number of carbonyl (C=O) groups is 1. The number of methoxy groups -OCH3 is 1. The van der Waals surface area contributed by atoms with Gasteiger partial charge in [-0.15, -0.1) is 0 Å². The highest BCUT2D eigenvalue weighted by atomic mass is 16.5. The van der Waals surface area contributed by atoms with Crippen LogP contribution in [0.3, 0.4) is 0 Å². The molecule has 6 nitrogen and oxygen atoms in total. The summed E-state index contributed by atoms with van der Waals surface area (Å²) in [5.74, 6) is 2.30. The van der Waals surface area contributed by atoms with Crippen LogP contribution in [0, 0.1) is 0 Å². The lowest BCUT2D eigenvalue weighted by molar-refractivity contribution is -0.119. The van der Waals surface area contributed by atoms with Gasteiger partial charge in [-0.25, -0.2) is 9.67 Å². The zero-order chi connectivity index (χ0) is 18.6. The number of nitrogens with one attached hydrogen (secondary N) is 1. The molecule has 6 heteroatoms. The summed E-state index contributed by atoms with van der Waals surface area (Å²) in [6.07, 6.45) is 2.85. The van der Waals surface area contributed by atoms with Crippen LogP contribution in [0.25, 0.3) is 5.69 Å². The topological polar surface area (TPSA) is 69.0 Å². The van der Waals surface area contributed by atoms with Gasteiger partial charge in [0.15, 0.2) is 11.6 Å². The fraction of sp³-hybridized carbons (Fsp3) is 0.286. The molecular formula is C21H22N4O2. The number of carbonyl (C=O) groups excluding carboxylic acids is 1. The van der Waals surface area contributed by atoms with Crippen molar-refractivity contribution in [3.63, 3.8) is 0 Å². The Morgan fingerprint density at radius 2 is 1.89 bits per heavy atom. The van der Waals surface area contributed by atoms with Crippen molar-refractivity contribution in [2.75, 3.05) is 7.11 Å². The Morgan fingerprint density at radius 3 is 2.63 bits per heavy atom. The molecule has 2 aromatic carbocycles. The molecule has 1 atom stereocenters. The maximum atomic E-state index is 11.7. The van der Waals surface area contributed by atoms with Gasteiger partial charge in [-0.2, -0.15) is 5.10 Å². The van der Waals surface area contributed by atoms with Crippen molar-refractivity contribution < 1.29 is 9.53 Å². The van der Waals surface area contributed by atoms with Gasteiger partial charge in [0.1, 0.15) is 11.4 Å². The summed E-state index contributed by atoms with van der Waals surface area (Å²) in [5, 5.41) is 7.75. The number of benzene rings is 2. The van der Waals surface area contributed by atoms with Gasteiger partial charge in [-0.1, -0.05) is 42.5 Å². The molecule has 0 spiro atoms. The number of amides is 1. The third kappa shape index (κ3) is 3.69. The predicted octanol–water partition coefficient (Wildman–Crippen LogP) is 3.01. The molecule has 1 fully saturated rings. The average molecular weight is 362 g/mol. The average Bonchev–Trinajstić information content (AvgIpc) is 3.33. The molecule has 1 N–H and O–H groups in total. The molecule has 0 radical (unpaired) electrons. The number of nitrogens with zero attached hydrogens (tertiary/aromatic N) is 3. The highest BCUT2D eigenvalue weighted by molar-refractivity contribution is 5.78. The lowest BCUT2D eigenvalue weighted by Crippen LogP contribution is -2.21. The smallest absolute Gasteiger partial charge is 0.220 e. The third-order valence-corrected chi connectivity index (χ3v) is 4.78. The second-order valence-corrected chi connectivity index (χ2v) is 6.61. The van der Waals surface area contributed by atoms with E-state index in [9.17, 15) is 4.79 Å². The van der Waals surface area contributed by atoms with E-state index in [2.05, 4.69) is 17.4 Å². The number of rotatable bonds is 6. The highest BCUT2D eigenvalue weighted by Gasteiger charge is 2.28. The van der Waals surface area contributed by atoms with E-state index in [4.69, 9.17) is 14.8 Å². The van der Waals surface area contributed by atoms with Gasteiger partial charge in [0.2, 0.25) is 5.91 Å². The van der Waals surface area contributed by atoms with E-state index in [-0.39, 0.29) is 11.9 Å². The summed E-state index contributed by atoms with van der Waals surface area (Å²) < 4.78 is 7.32.